The molecule has 13 heteroatoms. The van der Waals surface area contributed by atoms with Gasteiger partial charge in [0.2, 0.25) is 5.95 Å². The first-order valence-electron chi connectivity index (χ1n) is 16.2. The molecular weight excluding hydrogens is 599 g/mol. The summed E-state index contributed by atoms with van der Waals surface area (Å²) in [5.74, 6) is 1.87. The minimum absolute atomic E-state index is 0.0119. The highest BCUT2D eigenvalue weighted by atomic mass is 19.4. The number of para-hydroxylation sites is 1. The van der Waals surface area contributed by atoms with Crippen molar-refractivity contribution in [2.75, 3.05) is 30.3 Å². The van der Waals surface area contributed by atoms with Gasteiger partial charge in [-0.3, -0.25) is 0 Å². The van der Waals surface area contributed by atoms with Crippen molar-refractivity contribution in [3.63, 3.8) is 0 Å². The van der Waals surface area contributed by atoms with Crippen LogP contribution in [0.2, 0.25) is 0 Å². The van der Waals surface area contributed by atoms with Crippen molar-refractivity contribution in [1.29, 1.82) is 5.26 Å². The molecule has 0 spiro atoms. The zero-order valence-electron chi connectivity index (χ0n) is 26.7. The van der Waals surface area contributed by atoms with Gasteiger partial charge in [0.05, 0.1) is 6.20 Å². The third-order valence-corrected chi connectivity index (χ3v) is 9.12. The molecular formula is C33H44F3N7O3. The van der Waals surface area contributed by atoms with E-state index < -0.39 is 12.0 Å². The van der Waals surface area contributed by atoms with E-state index >= 15 is 0 Å². The summed E-state index contributed by atoms with van der Waals surface area (Å²) in [7, 11) is 0. The Bertz CT molecular complexity index is 1370. The Morgan fingerprint density at radius 3 is 2.41 bits per heavy atom. The molecule has 2 bridgehead atoms. The van der Waals surface area contributed by atoms with Gasteiger partial charge < -0.3 is 30.3 Å². The lowest BCUT2D eigenvalue weighted by Crippen LogP contribution is -2.55. The fourth-order valence-electron chi connectivity index (χ4n) is 7.11. The first-order chi connectivity index (χ1) is 21.9. The van der Waals surface area contributed by atoms with E-state index in [0.717, 1.165) is 25.7 Å². The standard InChI is InChI=1S/C33H44F3N7O3/c1-32(2,3)46-31(44)43-13-11-26(12-14-43)41-28-22-8-6-9-23(28)16-21(15-22)18-38-29-25(17-37)20-40-30(42-29)39-19-24-7-4-5-10-27(24)45-33(34,35)36/h4-5,7,10,20-23,26,28,41H,6,8-9,11-16,18-19H2,1-3H3,(H2,38,39,40,42)/t21?,22-,23+,28-. The number of aromatic nitrogens is 2. The number of fused-ring (bicyclic) bond motifs is 2. The number of carbonyl (C=O) groups excluding carboxylic acids is 1. The van der Waals surface area contributed by atoms with Crippen molar-refractivity contribution in [3.05, 3.63) is 41.6 Å². The molecule has 250 valence electrons. The number of likely N-dealkylation sites (tertiary alicyclic amines) is 1. The molecule has 3 fully saturated rings. The van der Waals surface area contributed by atoms with E-state index in [0.29, 0.717) is 66.4 Å². The number of nitrogens with one attached hydrogen (secondary N) is 3. The summed E-state index contributed by atoms with van der Waals surface area (Å²) in [5.41, 5.74) is 0.109. The van der Waals surface area contributed by atoms with Gasteiger partial charge in [-0.05, 0) is 83.1 Å². The van der Waals surface area contributed by atoms with Crippen molar-refractivity contribution in [2.45, 2.75) is 96.3 Å². The molecule has 4 atom stereocenters. The van der Waals surface area contributed by atoms with Crippen LogP contribution in [0.1, 0.15) is 76.8 Å². The summed E-state index contributed by atoms with van der Waals surface area (Å²) in [6.07, 6.45) is 3.98. The lowest BCUT2D eigenvalue weighted by molar-refractivity contribution is -0.274. The minimum Gasteiger partial charge on any atom is -0.444 e. The Hall–Kier alpha value is -3.79. The summed E-state index contributed by atoms with van der Waals surface area (Å²) in [6, 6.07) is 8.88. The zero-order valence-corrected chi connectivity index (χ0v) is 26.7. The van der Waals surface area contributed by atoms with Crippen LogP contribution in [0.15, 0.2) is 30.5 Å². The Kier molecular flexibility index (Phi) is 10.5. The number of ether oxygens (including phenoxy) is 2. The Labute approximate surface area is 268 Å². The number of carbonyl (C=O) groups is 1. The third-order valence-electron chi connectivity index (χ3n) is 9.12. The van der Waals surface area contributed by atoms with Crippen LogP contribution in [-0.4, -0.2) is 64.6 Å². The Morgan fingerprint density at radius 1 is 1.07 bits per heavy atom. The molecule has 10 nitrogen and oxygen atoms in total. The lowest BCUT2D eigenvalue weighted by atomic mass is 9.64. The monoisotopic (exact) mass is 643 g/mol. The number of amides is 1. The summed E-state index contributed by atoms with van der Waals surface area (Å²) in [5, 5.41) is 20.0. The van der Waals surface area contributed by atoms with Crippen LogP contribution >= 0.6 is 0 Å². The fourth-order valence-corrected chi connectivity index (χ4v) is 7.11. The summed E-state index contributed by atoms with van der Waals surface area (Å²) >= 11 is 0. The van der Waals surface area contributed by atoms with Crippen LogP contribution in [0.3, 0.4) is 0 Å². The third kappa shape index (κ3) is 9.15. The summed E-state index contributed by atoms with van der Waals surface area (Å²) in [4.78, 5) is 23.0. The normalized spacial score (nSPS) is 23.7. The molecule has 1 unspecified atom stereocenters. The largest absolute Gasteiger partial charge is 0.573 e. The molecule has 1 aliphatic heterocycles. The highest BCUT2D eigenvalue weighted by molar-refractivity contribution is 5.68. The van der Waals surface area contributed by atoms with Gasteiger partial charge in [-0.15, -0.1) is 13.2 Å². The number of alkyl halides is 3. The number of nitriles is 1. The number of anilines is 2. The van der Waals surface area contributed by atoms with E-state index in [1.54, 1.807) is 6.07 Å². The van der Waals surface area contributed by atoms with Gasteiger partial charge in [-0.1, -0.05) is 24.6 Å². The van der Waals surface area contributed by atoms with Gasteiger partial charge in [0, 0.05) is 43.8 Å². The molecule has 2 aromatic rings. The maximum Gasteiger partial charge on any atom is 0.573 e. The predicted octanol–water partition coefficient (Wildman–Crippen LogP) is 6.45. The zero-order chi connectivity index (χ0) is 32.9. The minimum atomic E-state index is -4.80. The van der Waals surface area contributed by atoms with Crippen LogP contribution in [-0.2, 0) is 11.3 Å². The van der Waals surface area contributed by atoms with Crippen molar-refractivity contribution in [3.8, 4) is 11.8 Å². The molecule has 1 aromatic carbocycles. The van der Waals surface area contributed by atoms with Crippen LogP contribution in [0.25, 0.3) is 0 Å². The number of hydrogen-bond acceptors (Lipinski definition) is 9. The SMILES string of the molecule is CC(C)(C)OC(=O)N1CCC(N[C@@H]2[C@@H]3CCC[C@H]2CC(CNc2nc(NCc4ccccc4OC(F)(F)F)ncc2C#N)C3)CC1. The molecule has 0 radical (unpaired) electrons. The topological polar surface area (TPSA) is 124 Å². The van der Waals surface area contributed by atoms with Gasteiger partial charge >= 0.3 is 12.5 Å². The molecule has 2 aliphatic carbocycles. The van der Waals surface area contributed by atoms with Crippen molar-refractivity contribution < 1.29 is 27.4 Å². The molecule has 46 heavy (non-hydrogen) atoms. The second-order valence-corrected chi connectivity index (χ2v) is 13.7. The molecule has 2 heterocycles. The van der Waals surface area contributed by atoms with Gasteiger partial charge in [0.1, 0.15) is 28.8 Å². The van der Waals surface area contributed by atoms with E-state index in [4.69, 9.17) is 4.74 Å². The van der Waals surface area contributed by atoms with E-state index in [2.05, 4.69) is 36.7 Å². The van der Waals surface area contributed by atoms with Crippen molar-refractivity contribution in [2.24, 2.45) is 17.8 Å². The van der Waals surface area contributed by atoms with E-state index in [-0.39, 0.29) is 24.3 Å². The second kappa shape index (κ2) is 14.3. The maximum atomic E-state index is 12.8. The second-order valence-electron chi connectivity index (χ2n) is 13.7. The van der Waals surface area contributed by atoms with E-state index in [9.17, 15) is 23.2 Å². The number of piperidine rings is 1. The number of halogens is 3. The van der Waals surface area contributed by atoms with Gasteiger partial charge in [-0.2, -0.15) is 10.2 Å². The predicted molar refractivity (Wildman–Crippen MR) is 167 cm³/mol. The highest BCUT2D eigenvalue weighted by Crippen LogP contribution is 2.43. The smallest absolute Gasteiger partial charge is 0.444 e. The Balaban J connectivity index is 1.14. The Morgan fingerprint density at radius 2 is 1.76 bits per heavy atom. The lowest BCUT2D eigenvalue weighted by Gasteiger charge is -2.48. The van der Waals surface area contributed by atoms with E-state index in [1.165, 1.54) is 43.7 Å². The number of nitrogens with zero attached hydrogens (tertiary/aromatic N) is 4. The molecule has 1 amide bonds. The van der Waals surface area contributed by atoms with Crippen LogP contribution in [0.4, 0.5) is 29.7 Å². The fraction of sp³-hybridized carbons (Fsp3) is 0.636. The van der Waals surface area contributed by atoms with Gasteiger partial charge in [0.25, 0.3) is 0 Å². The maximum absolute atomic E-state index is 12.8. The van der Waals surface area contributed by atoms with E-state index in [1.807, 2.05) is 25.7 Å². The van der Waals surface area contributed by atoms with Crippen LogP contribution in [0, 0.1) is 29.1 Å². The van der Waals surface area contributed by atoms with Gasteiger partial charge in [-0.25, -0.2) is 9.78 Å². The molecule has 5 rings (SSSR count). The molecule has 1 aromatic heterocycles. The van der Waals surface area contributed by atoms with Crippen LogP contribution < -0.4 is 20.7 Å². The van der Waals surface area contributed by atoms with Gasteiger partial charge in [0.15, 0.2) is 0 Å². The number of hydrogen-bond donors (Lipinski definition) is 3. The first kappa shape index (κ1) is 33.6. The molecule has 3 N–H and O–H groups in total. The summed E-state index contributed by atoms with van der Waals surface area (Å²) < 4.78 is 48.1. The van der Waals surface area contributed by atoms with Crippen LogP contribution in [0.5, 0.6) is 5.75 Å². The molecule has 1 saturated heterocycles. The average Bonchev–Trinajstić information content (AvgIpc) is 2.98. The van der Waals surface area contributed by atoms with Crippen molar-refractivity contribution >= 4 is 17.9 Å². The average molecular weight is 644 g/mol. The number of rotatable bonds is 9. The highest BCUT2D eigenvalue weighted by Gasteiger charge is 2.41. The number of benzene rings is 1. The molecule has 2 saturated carbocycles. The first-order valence-corrected chi connectivity index (χ1v) is 16.2. The quantitative estimate of drug-likeness (QED) is 0.283. The molecule has 3 aliphatic rings. The summed E-state index contributed by atoms with van der Waals surface area (Å²) in [6.45, 7) is 7.75. The van der Waals surface area contributed by atoms with Crippen molar-refractivity contribution in [1.82, 2.24) is 20.2 Å².